The molecule has 2 aliphatic rings. The summed E-state index contributed by atoms with van der Waals surface area (Å²) < 4.78 is 15.1. The first-order chi connectivity index (χ1) is 15.7. The van der Waals surface area contributed by atoms with Crippen molar-refractivity contribution in [3.63, 3.8) is 0 Å². The Hall–Kier alpha value is -3.78. The van der Waals surface area contributed by atoms with E-state index in [2.05, 4.69) is 10.4 Å². The SMILES string of the molecule is CCC(=O)[C@@H]1Cn2nc3c(c2C(=O)N(C)O1)CN(C(=O)Nc1ccc(F)c(C#N)c1)[C@H](C)C3. The number of nitrogens with one attached hydrogen (secondary N) is 1. The number of Topliss-reactive ketones (excluding diaryl/α,β-unsaturated/α-hetero) is 1. The fourth-order valence-electron chi connectivity index (χ4n) is 4.09. The highest BCUT2D eigenvalue weighted by molar-refractivity contribution is 5.95. The minimum Gasteiger partial charge on any atom is -0.317 e. The Bertz CT molecular complexity index is 1190. The third kappa shape index (κ3) is 4.05. The molecule has 33 heavy (non-hydrogen) atoms. The van der Waals surface area contributed by atoms with E-state index >= 15 is 0 Å². The van der Waals surface area contributed by atoms with E-state index in [-0.39, 0.29) is 48.3 Å². The van der Waals surface area contributed by atoms with Crippen LogP contribution in [0.5, 0.6) is 0 Å². The summed E-state index contributed by atoms with van der Waals surface area (Å²) in [4.78, 5) is 45.4. The van der Waals surface area contributed by atoms with Gasteiger partial charge in [-0.1, -0.05) is 6.92 Å². The first-order valence-electron chi connectivity index (χ1n) is 10.6. The van der Waals surface area contributed by atoms with Crippen LogP contribution in [0.3, 0.4) is 0 Å². The summed E-state index contributed by atoms with van der Waals surface area (Å²) in [7, 11) is 1.45. The lowest BCUT2D eigenvalue weighted by atomic mass is 9.99. The number of nitrogens with zero attached hydrogens (tertiary/aromatic N) is 5. The summed E-state index contributed by atoms with van der Waals surface area (Å²) in [5.41, 5.74) is 1.70. The van der Waals surface area contributed by atoms with Crippen LogP contribution >= 0.6 is 0 Å². The number of benzene rings is 1. The molecular weight excluding hydrogens is 431 g/mol. The maximum Gasteiger partial charge on any atom is 0.322 e. The quantitative estimate of drug-likeness (QED) is 0.759. The molecule has 0 radical (unpaired) electrons. The molecule has 3 amide bonds. The van der Waals surface area contributed by atoms with Crippen LogP contribution in [0.25, 0.3) is 0 Å². The number of amides is 3. The molecule has 10 nitrogen and oxygen atoms in total. The van der Waals surface area contributed by atoms with Crippen molar-refractivity contribution in [3.05, 3.63) is 46.5 Å². The number of carbonyl (C=O) groups is 3. The van der Waals surface area contributed by atoms with Gasteiger partial charge in [0.15, 0.2) is 11.9 Å². The predicted octanol–water partition coefficient (Wildman–Crippen LogP) is 2.24. The predicted molar refractivity (Wildman–Crippen MR) is 113 cm³/mol. The molecule has 2 aliphatic heterocycles. The van der Waals surface area contributed by atoms with Crippen LogP contribution in [0, 0.1) is 17.1 Å². The fourth-order valence-corrected chi connectivity index (χ4v) is 4.09. The summed E-state index contributed by atoms with van der Waals surface area (Å²) >= 11 is 0. The van der Waals surface area contributed by atoms with Gasteiger partial charge in [-0.25, -0.2) is 14.2 Å². The minimum atomic E-state index is -0.823. The standard InChI is InChI=1S/C22H23FN6O4/c1-4-18(30)19-11-29-20(21(31)27(3)33-19)15-10-28(12(2)7-17(15)26-29)22(32)25-14-5-6-16(23)13(8-14)9-24/h5-6,8,12,19H,4,7,10-11H2,1-3H3,(H,25,32)/t12-,19+/m1/s1. The van der Waals surface area contributed by atoms with Crippen LogP contribution in [0.15, 0.2) is 18.2 Å². The van der Waals surface area contributed by atoms with Crippen LogP contribution < -0.4 is 5.32 Å². The highest BCUT2D eigenvalue weighted by Gasteiger charge is 2.38. The van der Waals surface area contributed by atoms with E-state index in [1.807, 2.05) is 6.92 Å². The Labute approximate surface area is 189 Å². The normalized spacial score (nSPS) is 19.9. The maximum absolute atomic E-state index is 13.6. The van der Waals surface area contributed by atoms with E-state index in [1.165, 1.54) is 23.9 Å². The van der Waals surface area contributed by atoms with E-state index in [0.717, 1.165) is 11.1 Å². The largest absolute Gasteiger partial charge is 0.322 e. The van der Waals surface area contributed by atoms with Crippen molar-refractivity contribution in [1.29, 1.82) is 5.26 Å². The Morgan fingerprint density at radius 1 is 1.39 bits per heavy atom. The number of fused-ring (bicyclic) bond motifs is 3. The van der Waals surface area contributed by atoms with E-state index in [4.69, 9.17) is 10.1 Å². The van der Waals surface area contributed by atoms with E-state index in [9.17, 15) is 18.8 Å². The van der Waals surface area contributed by atoms with E-state index in [1.54, 1.807) is 17.9 Å². The highest BCUT2D eigenvalue weighted by Crippen LogP contribution is 2.29. The molecule has 0 saturated heterocycles. The van der Waals surface area contributed by atoms with Crippen molar-refractivity contribution in [2.75, 3.05) is 12.4 Å². The lowest BCUT2D eigenvalue weighted by Crippen LogP contribution is -2.45. The van der Waals surface area contributed by atoms with Crippen LogP contribution in [-0.4, -0.2) is 56.7 Å². The molecule has 172 valence electrons. The molecule has 1 aromatic carbocycles. The molecule has 1 aromatic heterocycles. The van der Waals surface area contributed by atoms with Crippen molar-refractivity contribution in [3.8, 4) is 6.07 Å². The zero-order chi connectivity index (χ0) is 23.9. The fraction of sp³-hybridized carbons (Fsp3) is 0.409. The number of hydrogen-bond acceptors (Lipinski definition) is 6. The summed E-state index contributed by atoms with van der Waals surface area (Å²) in [6.07, 6.45) is -0.138. The Kier molecular flexibility index (Phi) is 5.86. The lowest BCUT2D eigenvalue weighted by molar-refractivity contribution is -0.166. The Balaban J connectivity index is 1.62. The minimum absolute atomic E-state index is 0.109. The molecule has 1 N–H and O–H groups in total. The topological polar surface area (TPSA) is 121 Å². The number of hydrogen-bond donors (Lipinski definition) is 1. The number of aromatic nitrogens is 2. The average Bonchev–Trinajstić information content (AvgIpc) is 3.08. The molecule has 3 heterocycles. The molecule has 2 aromatic rings. The molecule has 0 fully saturated rings. The third-order valence-electron chi connectivity index (χ3n) is 5.90. The van der Waals surface area contributed by atoms with Crippen molar-refractivity contribution in [2.24, 2.45) is 0 Å². The van der Waals surface area contributed by atoms with E-state index in [0.29, 0.717) is 17.7 Å². The number of hydroxylamine groups is 2. The van der Waals surface area contributed by atoms with Gasteiger partial charge in [0, 0.05) is 37.2 Å². The zero-order valence-electron chi connectivity index (χ0n) is 18.5. The smallest absolute Gasteiger partial charge is 0.317 e. The molecule has 0 unspecified atom stereocenters. The lowest BCUT2D eigenvalue weighted by Gasteiger charge is -2.33. The van der Waals surface area contributed by atoms with Crippen LogP contribution in [0.2, 0.25) is 0 Å². The molecule has 0 saturated carbocycles. The second kappa shape index (κ2) is 8.63. The molecule has 0 spiro atoms. The monoisotopic (exact) mass is 454 g/mol. The summed E-state index contributed by atoms with van der Waals surface area (Å²) in [5, 5.41) is 17.3. The van der Waals surface area contributed by atoms with Gasteiger partial charge in [-0.3, -0.25) is 19.1 Å². The van der Waals surface area contributed by atoms with Gasteiger partial charge < -0.3 is 10.2 Å². The summed E-state index contributed by atoms with van der Waals surface area (Å²) in [5.74, 6) is -1.25. The van der Waals surface area contributed by atoms with Crippen molar-refractivity contribution in [1.82, 2.24) is 19.7 Å². The number of halogens is 1. The molecule has 0 aliphatic carbocycles. The highest BCUT2D eigenvalue weighted by atomic mass is 19.1. The van der Waals surface area contributed by atoms with Gasteiger partial charge in [-0.15, -0.1) is 0 Å². The number of nitriles is 1. The number of anilines is 1. The molecule has 0 bridgehead atoms. The summed E-state index contributed by atoms with van der Waals surface area (Å²) in [6.45, 7) is 3.82. The van der Waals surface area contributed by atoms with E-state index < -0.39 is 23.9 Å². The van der Waals surface area contributed by atoms with Crippen molar-refractivity contribution in [2.45, 2.75) is 51.9 Å². The Morgan fingerprint density at radius 3 is 2.85 bits per heavy atom. The molecule has 2 atom stereocenters. The average molecular weight is 454 g/mol. The van der Waals surface area contributed by atoms with Gasteiger partial charge in [-0.2, -0.15) is 10.4 Å². The van der Waals surface area contributed by atoms with Crippen LogP contribution in [0.1, 0.15) is 47.6 Å². The zero-order valence-corrected chi connectivity index (χ0v) is 18.5. The van der Waals surface area contributed by atoms with Crippen LogP contribution in [0.4, 0.5) is 14.9 Å². The van der Waals surface area contributed by atoms with Gasteiger partial charge in [0.25, 0.3) is 5.91 Å². The number of ketones is 1. The first kappa shape index (κ1) is 22.4. The third-order valence-corrected chi connectivity index (χ3v) is 5.90. The first-order valence-corrected chi connectivity index (χ1v) is 10.6. The number of urea groups is 1. The van der Waals surface area contributed by atoms with Gasteiger partial charge in [0.1, 0.15) is 17.6 Å². The maximum atomic E-state index is 13.6. The van der Waals surface area contributed by atoms with Gasteiger partial charge in [0.2, 0.25) is 0 Å². The number of carbonyl (C=O) groups excluding carboxylic acids is 3. The van der Waals surface area contributed by atoms with Crippen LogP contribution in [-0.2, 0) is 29.1 Å². The second-order valence-electron chi connectivity index (χ2n) is 8.09. The molecule has 11 heteroatoms. The van der Waals surface area contributed by atoms with Gasteiger partial charge in [-0.05, 0) is 25.1 Å². The second-order valence-corrected chi connectivity index (χ2v) is 8.09. The Morgan fingerprint density at radius 2 is 2.15 bits per heavy atom. The number of rotatable bonds is 3. The summed E-state index contributed by atoms with van der Waals surface area (Å²) in [6, 6.07) is 4.82. The van der Waals surface area contributed by atoms with Gasteiger partial charge in [0.05, 0.1) is 24.3 Å². The van der Waals surface area contributed by atoms with Crippen molar-refractivity contribution >= 4 is 23.4 Å². The van der Waals surface area contributed by atoms with Gasteiger partial charge >= 0.3 is 6.03 Å². The molecule has 4 rings (SSSR count). The molecular formula is C22H23FN6O4. The van der Waals surface area contributed by atoms with Crippen molar-refractivity contribution < 1.29 is 23.6 Å².